The maximum atomic E-state index is 13.3. The Labute approximate surface area is 153 Å². The Bertz CT molecular complexity index is 717. The molecule has 138 valence electrons. The van der Waals surface area contributed by atoms with Crippen molar-refractivity contribution in [2.24, 2.45) is 0 Å². The molecule has 0 saturated carbocycles. The molecular weight excluding hydrogens is 331 g/mol. The van der Waals surface area contributed by atoms with Gasteiger partial charge in [-0.25, -0.2) is 4.39 Å². The van der Waals surface area contributed by atoms with E-state index in [-0.39, 0.29) is 17.5 Å². The van der Waals surface area contributed by atoms with Gasteiger partial charge in [0.25, 0.3) is 0 Å². The van der Waals surface area contributed by atoms with E-state index in [9.17, 15) is 4.39 Å². The van der Waals surface area contributed by atoms with Gasteiger partial charge < -0.3 is 9.47 Å². The number of hydrogen-bond donors (Lipinski definition) is 0. The summed E-state index contributed by atoms with van der Waals surface area (Å²) in [5.41, 5.74) is 2.09. The summed E-state index contributed by atoms with van der Waals surface area (Å²) >= 11 is 0. The number of nitrogens with zero attached hydrogens (tertiary/aromatic N) is 2. The summed E-state index contributed by atoms with van der Waals surface area (Å²) in [4.78, 5) is 6.50. The molecule has 5 heteroatoms. The molecule has 1 aromatic carbocycles. The standard InChI is InChI=1S/C21H25FN2O2/c22-19-5-1-3-17(11-19)14-24-9-6-21(7-10-24)12-20(16-26-21)25-15-18-4-2-8-23-13-18/h1-5,8,11,13,20H,6-7,9-10,12,14-16H2/t20-/m1/s1. The van der Waals surface area contributed by atoms with Gasteiger partial charge in [0.1, 0.15) is 5.82 Å². The van der Waals surface area contributed by atoms with Crippen molar-refractivity contribution in [3.05, 3.63) is 65.7 Å². The van der Waals surface area contributed by atoms with Crippen molar-refractivity contribution in [2.75, 3.05) is 19.7 Å². The summed E-state index contributed by atoms with van der Waals surface area (Å²) in [6.07, 6.45) is 6.75. The lowest BCUT2D eigenvalue weighted by Crippen LogP contribution is -2.43. The fourth-order valence-electron chi connectivity index (χ4n) is 3.97. The lowest BCUT2D eigenvalue weighted by molar-refractivity contribution is -0.0468. The molecule has 0 amide bonds. The van der Waals surface area contributed by atoms with Gasteiger partial charge in [0.15, 0.2) is 0 Å². The van der Waals surface area contributed by atoms with Crippen LogP contribution in [0.15, 0.2) is 48.8 Å². The van der Waals surface area contributed by atoms with E-state index >= 15 is 0 Å². The maximum absolute atomic E-state index is 13.3. The number of hydrogen-bond acceptors (Lipinski definition) is 4. The van der Waals surface area contributed by atoms with Crippen LogP contribution >= 0.6 is 0 Å². The second-order valence-corrected chi connectivity index (χ2v) is 7.40. The van der Waals surface area contributed by atoms with Crippen molar-refractivity contribution in [1.82, 2.24) is 9.88 Å². The van der Waals surface area contributed by atoms with E-state index in [0.29, 0.717) is 13.2 Å². The molecule has 2 aliphatic heterocycles. The molecule has 4 nitrogen and oxygen atoms in total. The van der Waals surface area contributed by atoms with E-state index in [1.54, 1.807) is 18.3 Å². The van der Waals surface area contributed by atoms with E-state index in [2.05, 4.69) is 9.88 Å². The van der Waals surface area contributed by atoms with Crippen LogP contribution < -0.4 is 0 Å². The fourth-order valence-corrected chi connectivity index (χ4v) is 3.97. The van der Waals surface area contributed by atoms with Gasteiger partial charge in [-0.15, -0.1) is 0 Å². The third-order valence-electron chi connectivity index (χ3n) is 5.45. The molecule has 2 aliphatic rings. The zero-order valence-corrected chi connectivity index (χ0v) is 14.9. The molecular formula is C21H25FN2O2. The van der Waals surface area contributed by atoms with Crippen LogP contribution in [0.3, 0.4) is 0 Å². The third-order valence-corrected chi connectivity index (χ3v) is 5.45. The van der Waals surface area contributed by atoms with Crippen LogP contribution in [0.2, 0.25) is 0 Å². The first-order valence-corrected chi connectivity index (χ1v) is 9.32. The summed E-state index contributed by atoms with van der Waals surface area (Å²) in [6.45, 7) is 4.01. The minimum atomic E-state index is -0.163. The average Bonchev–Trinajstić information content (AvgIpc) is 3.06. The number of aromatic nitrogens is 1. The van der Waals surface area contributed by atoms with Crippen molar-refractivity contribution in [3.8, 4) is 0 Å². The second-order valence-electron chi connectivity index (χ2n) is 7.40. The van der Waals surface area contributed by atoms with Crippen LogP contribution in [-0.4, -0.2) is 41.3 Å². The Morgan fingerprint density at radius 2 is 2.04 bits per heavy atom. The molecule has 0 unspecified atom stereocenters. The summed E-state index contributed by atoms with van der Waals surface area (Å²) < 4.78 is 25.5. The predicted octanol–water partition coefficient (Wildman–Crippen LogP) is 3.56. The van der Waals surface area contributed by atoms with Crippen molar-refractivity contribution < 1.29 is 13.9 Å². The monoisotopic (exact) mass is 356 g/mol. The molecule has 4 rings (SSSR count). The molecule has 0 N–H and O–H groups in total. The van der Waals surface area contributed by atoms with Gasteiger partial charge in [-0.3, -0.25) is 9.88 Å². The molecule has 2 saturated heterocycles. The Balaban J connectivity index is 1.25. The van der Waals surface area contributed by atoms with Crippen LogP contribution in [-0.2, 0) is 22.6 Å². The minimum absolute atomic E-state index is 0.0436. The SMILES string of the molecule is Fc1cccc(CN2CCC3(CC2)C[C@@H](OCc2cccnc2)CO3)c1. The molecule has 2 fully saturated rings. The molecule has 1 atom stereocenters. The Morgan fingerprint density at radius 3 is 2.81 bits per heavy atom. The quantitative estimate of drug-likeness (QED) is 0.820. The summed E-state index contributed by atoms with van der Waals surface area (Å²) in [5, 5.41) is 0. The number of rotatable bonds is 5. The van der Waals surface area contributed by atoms with Crippen molar-refractivity contribution >= 4 is 0 Å². The topological polar surface area (TPSA) is 34.6 Å². The number of piperidine rings is 1. The first-order valence-electron chi connectivity index (χ1n) is 9.32. The van der Waals surface area contributed by atoms with Crippen LogP contribution in [0, 0.1) is 5.82 Å². The van der Waals surface area contributed by atoms with Crippen molar-refractivity contribution in [3.63, 3.8) is 0 Å². The lowest BCUT2D eigenvalue weighted by atomic mass is 9.88. The van der Waals surface area contributed by atoms with Gasteiger partial charge in [-0.05, 0) is 42.2 Å². The van der Waals surface area contributed by atoms with E-state index in [4.69, 9.17) is 9.47 Å². The largest absolute Gasteiger partial charge is 0.372 e. The van der Waals surface area contributed by atoms with Gasteiger partial charge in [0.2, 0.25) is 0 Å². The zero-order valence-electron chi connectivity index (χ0n) is 14.9. The first-order chi connectivity index (χ1) is 12.7. The van der Waals surface area contributed by atoms with Gasteiger partial charge in [-0.1, -0.05) is 18.2 Å². The molecule has 1 spiro atoms. The Hall–Kier alpha value is -1.82. The average molecular weight is 356 g/mol. The van der Waals surface area contributed by atoms with E-state index in [1.165, 1.54) is 6.07 Å². The third kappa shape index (κ3) is 4.29. The highest BCUT2D eigenvalue weighted by Crippen LogP contribution is 2.37. The minimum Gasteiger partial charge on any atom is -0.372 e. The van der Waals surface area contributed by atoms with Gasteiger partial charge in [-0.2, -0.15) is 0 Å². The highest BCUT2D eigenvalue weighted by molar-refractivity contribution is 5.16. The van der Waals surface area contributed by atoms with Gasteiger partial charge in [0.05, 0.1) is 24.9 Å². The molecule has 2 aromatic rings. The van der Waals surface area contributed by atoms with E-state index < -0.39 is 0 Å². The van der Waals surface area contributed by atoms with Gasteiger partial charge in [0, 0.05) is 38.4 Å². The molecule has 26 heavy (non-hydrogen) atoms. The number of ether oxygens (including phenoxy) is 2. The van der Waals surface area contributed by atoms with E-state index in [1.807, 2.05) is 24.4 Å². The Morgan fingerprint density at radius 1 is 1.19 bits per heavy atom. The zero-order chi connectivity index (χ0) is 17.8. The van der Waals surface area contributed by atoms with Crippen LogP contribution in [0.1, 0.15) is 30.4 Å². The van der Waals surface area contributed by atoms with Crippen LogP contribution in [0.4, 0.5) is 4.39 Å². The molecule has 0 radical (unpaired) electrons. The number of likely N-dealkylation sites (tertiary alicyclic amines) is 1. The van der Waals surface area contributed by atoms with Crippen molar-refractivity contribution in [1.29, 1.82) is 0 Å². The number of benzene rings is 1. The summed E-state index contributed by atoms with van der Waals surface area (Å²) in [7, 11) is 0. The fraction of sp³-hybridized carbons (Fsp3) is 0.476. The summed E-state index contributed by atoms with van der Waals surface area (Å²) in [5.74, 6) is -0.163. The lowest BCUT2D eigenvalue weighted by Gasteiger charge is -2.38. The van der Waals surface area contributed by atoms with E-state index in [0.717, 1.165) is 50.0 Å². The molecule has 1 aromatic heterocycles. The highest BCUT2D eigenvalue weighted by Gasteiger charge is 2.43. The van der Waals surface area contributed by atoms with Crippen molar-refractivity contribution in [2.45, 2.75) is 44.1 Å². The first kappa shape index (κ1) is 17.6. The Kier molecular flexibility index (Phi) is 5.29. The van der Waals surface area contributed by atoms with Crippen LogP contribution in [0.5, 0.6) is 0 Å². The normalized spacial score (nSPS) is 22.7. The second kappa shape index (κ2) is 7.82. The van der Waals surface area contributed by atoms with Gasteiger partial charge >= 0.3 is 0 Å². The number of halogens is 1. The molecule has 0 aliphatic carbocycles. The highest BCUT2D eigenvalue weighted by atomic mass is 19.1. The molecule has 0 bridgehead atoms. The predicted molar refractivity (Wildman–Crippen MR) is 97.0 cm³/mol. The summed E-state index contributed by atoms with van der Waals surface area (Å²) in [6, 6.07) is 10.8. The molecule has 3 heterocycles. The smallest absolute Gasteiger partial charge is 0.123 e. The number of pyridine rings is 1. The van der Waals surface area contributed by atoms with Crippen LogP contribution in [0.25, 0.3) is 0 Å². The maximum Gasteiger partial charge on any atom is 0.123 e.